The van der Waals surface area contributed by atoms with Crippen molar-refractivity contribution in [3.8, 4) is 0 Å². The molecule has 0 radical (unpaired) electrons. The summed E-state index contributed by atoms with van der Waals surface area (Å²) in [6, 6.07) is 0.0778. The molecular weight excluding hydrogens is 422 g/mol. The van der Waals surface area contributed by atoms with E-state index < -0.39 is 0 Å². The number of piperidine rings is 1. The molecule has 2 N–H and O–H groups in total. The van der Waals surface area contributed by atoms with Gasteiger partial charge in [-0.2, -0.15) is 4.98 Å². The Morgan fingerprint density at radius 2 is 1.91 bits per heavy atom. The molecule has 2 aliphatic heterocycles. The zero-order chi connectivity index (χ0) is 23.5. The monoisotopic (exact) mass is 459 g/mol. The van der Waals surface area contributed by atoms with Crippen LogP contribution in [0.5, 0.6) is 0 Å². The predicted molar refractivity (Wildman–Crippen MR) is 130 cm³/mol. The summed E-state index contributed by atoms with van der Waals surface area (Å²) < 4.78 is 10.3. The van der Waals surface area contributed by atoms with Gasteiger partial charge in [-0.15, -0.1) is 0 Å². The lowest BCUT2D eigenvalue weighted by atomic mass is 10.1. The van der Waals surface area contributed by atoms with Crippen LogP contribution in [-0.2, 0) is 24.9 Å². The van der Waals surface area contributed by atoms with Crippen LogP contribution in [0.4, 0.5) is 5.95 Å². The van der Waals surface area contributed by atoms with E-state index in [2.05, 4.69) is 15.9 Å². The number of nitrogens with two attached hydrogens (primary N) is 1. The smallest absolute Gasteiger partial charge is 0.332 e. The Labute approximate surface area is 194 Å². The number of hydrogen-bond acceptors (Lipinski definition) is 7. The van der Waals surface area contributed by atoms with Gasteiger partial charge in [-0.05, 0) is 33.1 Å². The Morgan fingerprint density at radius 3 is 2.61 bits per heavy atom. The Morgan fingerprint density at radius 1 is 1.15 bits per heavy atom. The number of aromatic nitrogens is 4. The van der Waals surface area contributed by atoms with E-state index in [0.29, 0.717) is 30.8 Å². The van der Waals surface area contributed by atoms with E-state index in [4.69, 9.17) is 15.5 Å². The highest BCUT2D eigenvalue weighted by molar-refractivity contribution is 5.75. The van der Waals surface area contributed by atoms with E-state index in [1.54, 1.807) is 11.6 Å². The highest BCUT2D eigenvalue weighted by atomic mass is 16.5. The van der Waals surface area contributed by atoms with E-state index in [1.807, 2.05) is 18.4 Å². The van der Waals surface area contributed by atoms with E-state index in [1.165, 1.54) is 4.57 Å². The average Bonchev–Trinajstić information content (AvgIpc) is 3.18. The number of rotatable bonds is 7. The van der Waals surface area contributed by atoms with Gasteiger partial charge in [0, 0.05) is 58.9 Å². The maximum absolute atomic E-state index is 13.3. The summed E-state index contributed by atoms with van der Waals surface area (Å²) in [7, 11) is 1.55. The van der Waals surface area contributed by atoms with Crippen LogP contribution in [0.1, 0.15) is 33.1 Å². The lowest BCUT2D eigenvalue weighted by molar-refractivity contribution is 0.0369. The fourth-order valence-electron chi connectivity index (χ4n) is 4.70. The van der Waals surface area contributed by atoms with Crippen LogP contribution in [0.25, 0.3) is 11.2 Å². The first kappa shape index (κ1) is 23.7. The van der Waals surface area contributed by atoms with Crippen LogP contribution in [0.15, 0.2) is 21.2 Å². The molecule has 10 nitrogen and oxygen atoms in total. The number of nitrogens with zero attached hydrogens (tertiary/aromatic N) is 6. The summed E-state index contributed by atoms with van der Waals surface area (Å²) in [5.41, 5.74) is 7.74. The molecule has 0 amide bonds. The number of ether oxygens (including phenoxy) is 1. The van der Waals surface area contributed by atoms with Crippen LogP contribution in [0.3, 0.4) is 0 Å². The molecule has 10 heteroatoms. The largest absolute Gasteiger partial charge is 0.379 e. The SMILES string of the molecule is CC(C)=CCn1c(N2CCCC(N)C2)nc2c1c(=O)n(C)c(=O)n2CCCN1CCOCC1. The van der Waals surface area contributed by atoms with Crippen molar-refractivity contribution in [2.75, 3.05) is 50.8 Å². The Kier molecular flexibility index (Phi) is 7.35. The Bertz CT molecular complexity index is 1120. The Balaban J connectivity index is 1.75. The minimum Gasteiger partial charge on any atom is -0.379 e. The number of fused-ring (bicyclic) bond motifs is 1. The molecule has 0 aromatic carbocycles. The number of allylic oxidation sites excluding steroid dienone is 2. The van der Waals surface area contributed by atoms with Crippen LogP contribution < -0.4 is 21.9 Å². The van der Waals surface area contributed by atoms with Gasteiger partial charge in [0.15, 0.2) is 11.2 Å². The molecule has 4 rings (SSSR count). The maximum atomic E-state index is 13.3. The number of hydrogen-bond donors (Lipinski definition) is 1. The first-order valence-corrected chi connectivity index (χ1v) is 12.0. The second-order valence-corrected chi connectivity index (χ2v) is 9.43. The van der Waals surface area contributed by atoms with Gasteiger partial charge in [0.05, 0.1) is 13.2 Å². The fourth-order valence-corrected chi connectivity index (χ4v) is 4.70. The highest BCUT2D eigenvalue weighted by Gasteiger charge is 2.26. The fraction of sp³-hybridized carbons (Fsp3) is 0.696. The van der Waals surface area contributed by atoms with Crippen LogP contribution in [-0.4, -0.2) is 75.6 Å². The number of imidazole rings is 1. The lowest BCUT2D eigenvalue weighted by Crippen LogP contribution is -2.44. The second kappa shape index (κ2) is 10.2. The van der Waals surface area contributed by atoms with Crippen molar-refractivity contribution in [1.82, 2.24) is 23.6 Å². The van der Waals surface area contributed by atoms with Crippen molar-refractivity contribution in [1.29, 1.82) is 0 Å². The van der Waals surface area contributed by atoms with Crippen molar-refractivity contribution < 1.29 is 4.74 Å². The van der Waals surface area contributed by atoms with Crippen molar-refractivity contribution in [3.63, 3.8) is 0 Å². The molecule has 2 fully saturated rings. The summed E-state index contributed by atoms with van der Waals surface area (Å²) in [5.74, 6) is 0.724. The molecule has 0 aliphatic carbocycles. The molecule has 2 saturated heterocycles. The van der Waals surface area contributed by atoms with Gasteiger partial charge in [0.1, 0.15) is 0 Å². The predicted octanol–water partition coefficient (Wildman–Crippen LogP) is 0.513. The first-order valence-electron chi connectivity index (χ1n) is 12.0. The zero-order valence-corrected chi connectivity index (χ0v) is 20.1. The van der Waals surface area contributed by atoms with Gasteiger partial charge < -0.3 is 19.9 Å². The third-order valence-corrected chi connectivity index (χ3v) is 6.59. The van der Waals surface area contributed by atoms with Gasteiger partial charge in [-0.1, -0.05) is 11.6 Å². The van der Waals surface area contributed by atoms with Crippen LogP contribution in [0.2, 0.25) is 0 Å². The zero-order valence-electron chi connectivity index (χ0n) is 20.1. The third kappa shape index (κ3) is 5.07. The van der Waals surface area contributed by atoms with Crippen LogP contribution >= 0.6 is 0 Å². The standard InChI is InChI=1S/C23H37N7O3/c1-17(2)7-11-29-19-20(25-22(29)28-9-4-6-18(24)16-28)30(23(32)26(3)21(19)31)10-5-8-27-12-14-33-15-13-27/h7,18H,4-6,8-16,24H2,1-3H3. The summed E-state index contributed by atoms with van der Waals surface area (Å²) in [4.78, 5) is 35.8. The van der Waals surface area contributed by atoms with Gasteiger partial charge in [-0.3, -0.25) is 18.8 Å². The second-order valence-electron chi connectivity index (χ2n) is 9.43. The molecule has 0 spiro atoms. The number of morpholine rings is 1. The minimum absolute atomic E-state index is 0.0778. The van der Waals surface area contributed by atoms with Crippen molar-refractivity contribution >= 4 is 17.1 Å². The molecular formula is C23H37N7O3. The summed E-state index contributed by atoms with van der Waals surface area (Å²) in [5, 5.41) is 0. The quantitative estimate of drug-likeness (QED) is 0.602. The topological polar surface area (TPSA) is 104 Å². The summed E-state index contributed by atoms with van der Waals surface area (Å²) in [6.07, 6.45) is 4.86. The summed E-state index contributed by atoms with van der Waals surface area (Å²) >= 11 is 0. The van der Waals surface area contributed by atoms with Gasteiger partial charge >= 0.3 is 5.69 Å². The van der Waals surface area contributed by atoms with Gasteiger partial charge in [0.2, 0.25) is 5.95 Å². The molecule has 182 valence electrons. The molecule has 33 heavy (non-hydrogen) atoms. The first-order chi connectivity index (χ1) is 15.9. The highest BCUT2D eigenvalue weighted by Crippen LogP contribution is 2.23. The average molecular weight is 460 g/mol. The van der Waals surface area contributed by atoms with E-state index in [9.17, 15) is 9.59 Å². The van der Waals surface area contributed by atoms with Crippen molar-refractivity contribution in [2.45, 2.75) is 52.2 Å². The van der Waals surface area contributed by atoms with E-state index in [-0.39, 0.29) is 17.3 Å². The molecule has 0 bridgehead atoms. The van der Waals surface area contributed by atoms with Gasteiger partial charge in [-0.25, -0.2) is 4.79 Å². The molecule has 2 aromatic heterocycles. The molecule has 0 saturated carbocycles. The number of anilines is 1. The molecule has 1 atom stereocenters. The van der Waals surface area contributed by atoms with E-state index >= 15 is 0 Å². The van der Waals surface area contributed by atoms with Gasteiger partial charge in [0.25, 0.3) is 5.56 Å². The molecule has 4 heterocycles. The Hall–Kier alpha value is -2.43. The molecule has 2 aromatic rings. The maximum Gasteiger partial charge on any atom is 0.332 e. The molecule has 2 aliphatic rings. The van der Waals surface area contributed by atoms with Crippen LogP contribution in [0, 0.1) is 0 Å². The third-order valence-electron chi connectivity index (χ3n) is 6.59. The van der Waals surface area contributed by atoms with Crippen molar-refractivity contribution in [2.24, 2.45) is 12.8 Å². The minimum atomic E-state index is -0.316. The normalized spacial score (nSPS) is 19.9. The molecule has 1 unspecified atom stereocenters. The lowest BCUT2D eigenvalue weighted by Gasteiger charge is -2.31. The number of aryl methyl sites for hydroxylation is 1. The van der Waals surface area contributed by atoms with Crippen molar-refractivity contribution in [3.05, 3.63) is 32.5 Å². The summed E-state index contributed by atoms with van der Waals surface area (Å²) in [6.45, 7) is 10.9. The van der Waals surface area contributed by atoms with E-state index in [0.717, 1.165) is 70.2 Å².